The minimum Gasteiger partial charge on any atom is -0.327 e. The normalized spacial score (nSPS) is 28.5. The molecule has 13 heavy (non-hydrogen) atoms. The van der Waals surface area contributed by atoms with Gasteiger partial charge >= 0.3 is 0 Å². The van der Waals surface area contributed by atoms with Crippen LogP contribution in [0.15, 0.2) is 0 Å². The Kier molecular flexibility index (Phi) is 4.18. The van der Waals surface area contributed by atoms with Gasteiger partial charge in [0, 0.05) is 6.04 Å². The quantitative estimate of drug-likeness (QED) is 0.633. The molecule has 1 aliphatic rings. The minimum atomic E-state index is -0.0611. The number of carbonyl (C=O) groups is 1. The Morgan fingerprint density at radius 3 is 2.85 bits per heavy atom. The number of hydroxylamine groups is 1. The molecule has 0 aromatic carbocycles. The summed E-state index contributed by atoms with van der Waals surface area (Å²) in [5.41, 5.74) is 8.25. The zero-order valence-electron chi connectivity index (χ0n) is 8.08. The van der Waals surface area contributed by atoms with E-state index in [-0.39, 0.29) is 17.9 Å². The van der Waals surface area contributed by atoms with Gasteiger partial charge < -0.3 is 5.73 Å². The average Bonchev–Trinajstić information content (AvgIpc) is 2.15. The molecule has 1 saturated carbocycles. The predicted octanol–water partition coefficient (Wildman–Crippen LogP) is 0.572. The molecular formula is C9H18N2O2. The van der Waals surface area contributed by atoms with Crippen LogP contribution in [0.3, 0.4) is 0 Å². The second-order valence-electron chi connectivity index (χ2n) is 3.45. The van der Waals surface area contributed by atoms with Crippen molar-refractivity contribution in [3.63, 3.8) is 0 Å². The molecule has 0 aromatic rings. The van der Waals surface area contributed by atoms with E-state index in [9.17, 15) is 4.79 Å². The summed E-state index contributed by atoms with van der Waals surface area (Å²) >= 11 is 0. The Hall–Kier alpha value is -0.610. The van der Waals surface area contributed by atoms with Crippen LogP contribution >= 0.6 is 0 Å². The Balaban J connectivity index is 2.35. The predicted molar refractivity (Wildman–Crippen MR) is 49.7 cm³/mol. The van der Waals surface area contributed by atoms with E-state index in [0.29, 0.717) is 6.61 Å². The number of amides is 1. The minimum absolute atomic E-state index is 0.00852. The molecule has 0 aliphatic heterocycles. The summed E-state index contributed by atoms with van der Waals surface area (Å²) in [4.78, 5) is 16.3. The van der Waals surface area contributed by atoms with Crippen LogP contribution in [0, 0.1) is 5.92 Å². The van der Waals surface area contributed by atoms with Gasteiger partial charge in [0.15, 0.2) is 0 Å². The molecule has 1 fully saturated rings. The van der Waals surface area contributed by atoms with Gasteiger partial charge in [-0.25, -0.2) is 5.48 Å². The van der Waals surface area contributed by atoms with Gasteiger partial charge in [-0.1, -0.05) is 12.8 Å². The number of carbonyl (C=O) groups excluding carboxylic acids is 1. The van der Waals surface area contributed by atoms with Crippen LogP contribution in [0.4, 0.5) is 0 Å². The molecule has 0 heterocycles. The number of hydrogen-bond acceptors (Lipinski definition) is 3. The van der Waals surface area contributed by atoms with Gasteiger partial charge in [-0.05, 0) is 19.8 Å². The Bertz CT molecular complexity index is 173. The van der Waals surface area contributed by atoms with Gasteiger partial charge in [0.2, 0.25) is 5.91 Å². The van der Waals surface area contributed by atoms with Gasteiger partial charge in [-0.2, -0.15) is 0 Å². The van der Waals surface area contributed by atoms with Crippen LogP contribution in [-0.4, -0.2) is 18.6 Å². The molecule has 4 heteroatoms. The molecule has 0 radical (unpaired) electrons. The van der Waals surface area contributed by atoms with Gasteiger partial charge in [-0.15, -0.1) is 0 Å². The summed E-state index contributed by atoms with van der Waals surface area (Å²) in [7, 11) is 0. The number of nitrogens with two attached hydrogens (primary N) is 1. The van der Waals surface area contributed by atoms with E-state index in [4.69, 9.17) is 10.6 Å². The van der Waals surface area contributed by atoms with E-state index < -0.39 is 0 Å². The molecule has 0 spiro atoms. The van der Waals surface area contributed by atoms with Crippen molar-refractivity contribution in [2.75, 3.05) is 6.61 Å². The van der Waals surface area contributed by atoms with Crippen LogP contribution in [0.1, 0.15) is 32.6 Å². The molecule has 3 N–H and O–H groups in total. The molecule has 0 saturated heterocycles. The SMILES string of the molecule is CCONC(=O)C1CCCCC1N. The lowest BCUT2D eigenvalue weighted by Gasteiger charge is -2.26. The molecule has 1 aliphatic carbocycles. The Labute approximate surface area is 78.8 Å². The molecule has 1 rings (SSSR count). The van der Waals surface area contributed by atoms with Gasteiger partial charge in [0.25, 0.3) is 0 Å². The standard InChI is InChI=1S/C9H18N2O2/c1-2-13-11-9(12)7-5-3-4-6-8(7)10/h7-8H,2-6,10H2,1H3,(H,11,12). The Morgan fingerprint density at radius 1 is 1.54 bits per heavy atom. The van der Waals surface area contributed by atoms with E-state index >= 15 is 0 Å². The summed E-state index contributed by atoms with van der Waals surface area (Å²) in [5.74, 6) is -0.116. The molecule has 2 unspecified atom stereocenters. The molecule has 76 valence electrons. The third kappa shape index (κ3) is 2.97. The second-order valence-corrected chi connectivity index (χ2v) is 3.45. The Morgan fingerprint density at radius 2 is 2.23 bits per heavy atom. The fourth-order valence-corrected chi connectivity index (χ4v) is 1.70. The molecule has 4 nitrogen and oxygen atoms in total. The topological polar surface area (TPSA) is 64.3 Å². The third-order valence-electron chi connectivity index (χ3n) is 2.47. The van der Waals surface area contributed by atoms with Gasteiger partial charge in [-0.3, -0.25) is 9.63 Å². The van der Waals surface area contributed by atoms with E-state index in [1.807, 2.05) is 6.92 Å². The maximum Gasteiger partial charge on any atom is 0.248 e. The van der Waals surface area contributed by atoms with Crippen LogP contribution < -0.4 is 11.2 Å². The largest absolute Gasteiger partial charge is 0.327 e. The maximum atomic E-state index is 11.5. The first-order chi connectivity index (χ1) is 6.25. The highest BCUT2D eigenvalue weighted by Crippen LogP contribution is 2.22. The summed E-state index contributed by atoms with van der Waals surface area (Å²) in [6, 6.07) is 0.00852. The fraction of sp³-hybridized carbons (Fsp3) is 0.889. The summed E-state index contributed by atoms with van der Waals surface area (Å²) in [6.45, 7) is 2.33. The molecule has 1 amide bonds. The molecule has 0 bridgehead atoms. The van der Waals surface area contributed by atoms with E-state index in [1.54, 1.807) is 0 Å². The monoisotopic (exact) mass is 186 g/mol. The molecule has 2 atom stereocenters. The fourth-order valence-electron chi connectivity index (χ4n) is 1.70. The lowest BCUT2D eigenvalue weighted by molar-refractivity contribution is -0.138. The lowest BCUT2D eigenvalue weighted by Crippen LogP contribution is -2.43. The van der Waals surface area contributed by atoms with Crippen molar-refractivity contribution in [2.45, 2.75) is 38.6 Å². The first-order valence-corrected chi connectivity index (χ1v) is 4.93. The van der Waals surface area contributed by atoms with Crippen LogP contribution in [0.25, 0.3) is 0 Å². The highest BCUT2D eigenvalue weighted by atomic mass is 16.6. The zero-order valence-corrected chi connectivity index (χ0v) is 8.08. The number of rotatable bonds is 3. The first-order valence-electron chi connectivity index (χ1n) is 4.93. The zero-order chi connectivity index (χ0) is 9.68. The average molecular weight is 186 g/mol. The smallest absolute Gasteiger partial charge is 0.248 e. The first kappa shape index (κ1) is 10.5. The molecule has 0 aromatic heterocycles. The van der Waals surface area contributed by atoms with Crippen LogP contribution in [-0.2, 0) is 9.63 Å². The van der Waals surface area contributed by atoms with Crippen molar-refractivity contribution >= 4 is 5.91 Å². The highest BCUT2D eigenvalue weighted by molar-refractivity contribution is 5.78. The van der Waals surface area contributed by atoms with Crippen molar-refractivity contribution in [3.8, 4) is 0 Å². The third-order valence-corrected chi connectivity index (χ3v) is 2.47. The van der Waals surface area contributed by atoms with Crippen molar-refractivity contribution < 1.29 is 9.63 Å². The lowest BCUT2D eigenvalue weighted by atomic mass is 9.85. The van der Waals surface area contributed by atoms with Crippen molar-refractivity contribution in [2.24, 2.45) is 11.7 Å². The van der Waals surface area contributed by atoms with Crippen molar-refractivity contribution in [3.05, 3.63) is 0 Å². The van der Waals surface area contributed by atoms with E-state index in [1.165, 1.54) is 0 Å². The summed E-state index contributed by atoms with van der Waals surface area (Å²) in [6.07, 6.45) is 4.07. The van der Waals surface area contributed by atoms with Crippen molar-refractivity contribution in [1.29, 1.82) is 0 Å². The van der Waals surface area contributed by atoms with Crippen LogP contribution in [0.2, 0.25) is 0 Å². The van der Waals surface area contributed by atoms with E-state index in [2.05, 4.69) is 5.48 Å². The van der Waals surface area contributed by atoms with Gasteiger partial charge in [0.1, 0.15) is 0 Å². The number of nitrogens with one attached hydrogen (secondary N) is 1. The second kappa shape index (κ2) is 5.19. The summed E-state index contributed by atoms with van der Waals surface area (Å²) in [5, 5.41) is 0. The van der Waals surface area contributed by atoms with E-state index in [0.717, 1.165) is 25.7 Å². The van der Waals surface area contributed by atoms with Gasteiger partial charge in [0.05, 0.1) is 12.5 Å². The molecular weight excluding hydrogens is 168 g/mol. The van der Waals surface area contributed by atoms with Crippen LogP contribution in [0.5, 0.6) is 0 Å². The summed E-state index contributed by atoms with van der Waals surface area (Å²) < 4.78 is 0. The van der Waals surface area contributed by atoms with Crippen molar-refractivity contribution in [1.82, 2.24) is 5.48 Å². The highest BCUT2D eigenvalue weighted by Gasteiger charge is 2.28. The number of hydrogen-bond donors (Lipinski definition) is 2. The maximum absolute atomic E-state index is 11.5.